The van der Waals surface area contributed by atoms with Crippen LogP contribution in [0.15, 0.2) is 24.3 Å². The van der Waals surface area contributed by atoms with Gasteiger partial charge in [0, 0.05) is 5.41 Å². The summed E-state index contributed by atoms with van der Waals surface area (Å²) in [5.41, 5.74) is 0.624. The Morgan fingerprint density at radius 3 is 2.56 bits per heavy atom. The van der Waals surface area contributed by atoms with Crippen molar-refractivity contribution >= 4 is 5.78 Å². The lowest BCUT2D eigenvalue weighted by molar-refractivity contribution is 0.00423. The van der Waals surface area contributed by atoms with Crippen molar-refractivity contribution in [3.8, 4) is 5.75 Å². The van der Waals surface area contributed by atoms with Crippen molar-refractivity contribution in [2.45, 2.75) is 38.7 Å². The Balaban J connectivity index is 2.04. The largest absolute Gasteiger partial charge is 0.486 e. The molecule has 1 aromatic carbocycles. The molecule has 1 unspecified atom stereocenters. The quantitative estimate of drug-likeness (QED) is 0.720. The third-order valence-electron chi connectivity index (χ3n) is 4.30. The summed E-state index contributed by atoms with van der Waals surface area (Å²) in [4.78, 5) is 12.1. The molecule has 1 saturated carbocycles. The molecular weight excluding hydrogens is 200 g/mol. The number of Topliss-reactive ketones (excluding diaryl/α,β-unsaturated/α-hetero) is 1. The van der Waals surface area contributed by atoms with E-state index in [-0.39, 0.29) is 16.8 Å². The normalized spacial score (nSPS) is 30.5. The fourth-order valence-electron chi connectivity index (χ4n) is 2.52. The lowest BCUT2D eigenvalue weighted by Gasteiger charge is -2.40. The molecule has 2 aliphatic rings. The van der Waals surface area contributed by atoms with Gasteiger partial charge in [-0.05, 0) is 31.9 Å². The van der Waals surface area contributed by atoms with Gasteiger partial charge in [0.1, 0.15) is 11.4 Å². The van der Waals surface area contributed by atoms with Crippen LogP contribution in [0.5, 0.6) is 5.75 Å². The molecule has 1 aliphatic carbocycles. The molecule has 16 heavy (non-hydrogen) atoms. The van der Waals surface area contributed by atoms with E-state index in [1.165, 1.54) is 12.8 Å². The number of ketones is 1. The van der Waals surface area contributed by atoms with Gasteiger partial charge in [-0.25, -0.2) is 0 Å². The van der Waals surface area contributed by atoms with Gasteiger partial charge in [-0.3, -0.25) is 4.79 Å². The molecule has 1 aliphatic heterocycles. The van der Waals surface area contributed by atoms with Crippen LogP contribution in [0.4, 0.5) is 0 Å². The zero-order valence-corrected chi connectivity index (χ0v) is 9.75. The molecule has 1 heterocycles. The van der Waals surface area contributed by atoms with Crippen molar-refractivity contribution in [3.05, 3.63) is 29.8 Å². The van der Waals surface area contributed by atoms with E-state index in [0.717, 1.165) is 11.3 Å². The van der Waals surface area contributed by atoms with E-state index in [9.17, 15) is 4.79 Å². The molecule has 0 amide bonds. The molecule has 1 atom stereocenters. The van der Waals surface area contributed by atoms with Crippen molar-refractivity contribution in [1.29, 1.82) is 0 Å². The molecule has 0 radical (unpaired) electrons. The summed E-state index contributed by atoms with van der Waals surface area (Å²) in [6, 6.07) is 7.57. The molecule has 0 bridgehead atoms. The molecule has 0 N–H and O–H groups in total. The Kier molecular flexibility index (Phi) is 1.78. The Morgan fingerprint density at radius 1 is 1.19 bits per heavy atom. The minimum absolute atomic E-state index is 0.191. The third kappa shape index (κ3) is 1.22. The van der Waals surface area contributed by atoms with Crippen LogP contribution in [-0.4, -0.2) is 11.4 Å². The van der Waals surface area contributed by atoms with Crippen LogP contribution in [0.3, 0.4) is 0 Å². The first-order valence-corrected chi connectivity index (χ1v) is 5.85. The smallest absolute Gasteiger partial charge is 0.170 e. The standard InChI is InChI=1S/C14H16O2/c1-13(7-8-13)14(2)9-11(15)10-5-3-4-6-12(10)16-14/h3-6H,7-9H2,1-2H3. The maximum Gasteiger partial charge on any atom is 0.170 e. The highest BCUT2D eigenvalue weighted by molar-refractivity contribution is 6.00. The van der Waals surface area contributed by atoms with Gasteiger partial charge in [0.2, 0.25) is 0 Å². The summed E-state index contributed by atoms with van der Waals surface area (Å²) in [6.45, 7) is 4.29. The van der Waals surface area contributed by atoms with E-state index in [1.54, 1.807) is 0 Å². The molecule has 2 heteroatoms. The molecular formula is C14H16O2. The maximum absolute atomic E-state index is 12.1. The van der Waals surface area contributed by atoms with Crippen LogP contribution in [0.1, 0.15) is 43.5 Å². The Morgan fingerprint density at radius 2 is 1.88 bits per heavy atom. The summed E-state index contributed by atoms with van der Waals surface area (Å²) in [6.07, 6.45) is 2.85. The number of carbonyl (C=O) groups excluding carboxylic acids is 1. The maximum atomic E-state index is 12.1. The van der Waals surface area contributed by atoms with Crippen LogP contribution in [-0.2, 0) is 0 Å². The van der Waals surface area contributed by atoms with Crippen molar-refractivity contribution in [2.75, 3.05) is 0 Å². The van der Waals surface area contributed by atoms with Gasteiger partial charge in [-0.1, -0.05) is 19.1 Å². The summed E-state index contributed by atoms with van der Waals surface area (Å²) < 4.78 is 6.10. The molecule has 2 nitrogen and oxygen atoms in total. The van der Waals surface area contributed by atoms with E-state index in [2.05, 4.69) is 13.8 Å². The Bertz CT molecular complexity index is 460. The Labute approximate surface area is 95.6 Å². The van der Waals surface area contributed by atoms with E-state index >= 15 is 0 Å². The van der Waals surface area contributed by atoms with E-state index in [1.807, 2.05) is 24.3 Å². The second kappa shape index (κ2) is 2.88. The second-order valence-electron chi connectivity index (χ2n) is 5.49. The molecule has 0 spiro atoms. The highest BCUT2D eigenvalue weighted by Crippen LogP contribution is 2.58. The minimum atomic E-state index is -0.307. The summed E-state index contributed by atoms with van der Waals surface area (Å²) in [5.74, 6) is 0.979. The van der Waals surface area contributed by atoms with Gasteiger partial charge < -0.3 is 4.74 Å². The number of hydrogen-bond acceptors (Lipinski definition) is 2. The van der Waals surface area contributed by atoms with Crippen LogP contribution < -0.4 is 4.74 Å². The summed E-state index contributed by atoms with van der Waals surface area (Å²) in [5, 5.41) is 0. The van der Waals surface area contributed by atoms with E-state index < -0.39 is 0 Å². The SMILES string of the molecule is CC1(C2(C)CC(=O)c3ccccc3O2)CC1. The molecule has 0 saturated heterocycles. The first-order valence-electron chi connectivity index (χ1n) is 5.85. The molecule has 84 valence electrons. The number of benzene rings is 1. The Hall–Kier alpha value is -1.31. The minimum Gasteiger partial charge on any atom is -0.486 e. The summed E-state index contributed by atoms with van der Waals surface area (Å²) >= 11 is 0. The summed E-state index contributed by atoms with van der Waals surface area (Å²) in [7, 11) is 0. The fraction of sp³-hybridized carbons (Fsp3) is 0.500. The van der Waals surface area contributed by atoms with E-state index in [0.29, 0.717) is 6.42 Å². The van der Waals surface area contributed by atoms with Gasteiger partial charge in [-0.2, -0.15) is 0 Å². The van der Waals surface area contributed by atoms with Crippen molar-refractivity contribution in [1.82, 2.24) is 0 Å². The van der Waals surface area contributed by atoms with Crippen LogP contribution in [0.2, 0.25) is 0 Å². The monoisotopic (exact) mass is 216 g/mol. The van der Waals surface area contributed by atoms with Crippen LogP contribution in [0, 0.1) is 5.41 Å². The zero-order valence-electron chi connectivity index (χ0n) is 9.75. The number of hydrogen-bond donors (Lipinski definition) is 0. The second-order valence-corrected chi connectivity index (χ2v) is 5.49. The average molecular weight is 216 g/mol. The van der Waals surface area contributed by atoms with Crippen molar-refractivity contribution in [3.63, 3.8) is 0 Å². The van der Waals surface area contributed by atoms with Crippen molar-refractivity contribution < 1.29 is 9.53 Å². The molecule has 1 aromatic rings. The van der Waals surface area contributed by atoms with Gasteiger partial charge in [0.15, 0.2) is 5.78 Å². The average Bonchev–Trinajstić information content (AvgIpc) is 2.98. The molecule has 0 aromatic heterocycles. The predicted octanol–water partition coefficient (Wildman–Crippen LogP) is 3.21. The molecule has 1 fully saturated rings. The predicted molar refractivity (Wildman–Crippen MR) is 61.8 cm³/mol. The number of para-hydroxylation sites is 1. The van der Waals surface area contributed by atoms with Gasteiger partial charge in [0.05, 0.1) is 12.0 Å². The van der Waals surface area contributed by atoms with Gasteiger partial charge in [0.25, 0.3) is 0 Å². The topological polar surface area (TPSA) is 26.3 Å². The zero-order chi connectivity index (χ0) is 11.4. The van der Waals surface area contributed by atoms with Gasteiger partial charge >= 0.3 is 0 Å². The highest BCUT2D eigenvalue weighted by Gasteiger charge is 2.57. The van der Waals surface area contributed by atoms with Crippen LogP contribution in [0.25, 0.3) is 0 Å². The van der Waals surface area contributed by atoms with Crippen molar-refractivity contribution in [2.24, 2.45) is 5.41 Å². The first-order chi connectivity index (χ1) is 7.54. The highest BCUT2D eigenvalue weighted by atomic mass is 16.5. The van der Waals surface area contributed by atoms with E-state index in [4.69, 9.17) is 4.74 Å². The van der Waals surface area contributed by atoms with Crippen LogP contribution >= 0.6 is 0 Å². The number of fused-ring (bicyclic) bond motifs is 1. The number of carbonyl (C=O) groups is 1. The fourth-order valence-corrected chi connectivity index (χ4v) is 2.52. The first kappa shape index (κ1) is 9.88. The lowest BCUT2D eigenvalue weighted by Crippen LogP contribution is -2.45. The number of rotatable bonds is 1. The molecule has 3 rings (SSSR count). The lowest BCUT2D eigenvalue weighted by atomic mass is 9.80. The number of ether oxygens (including phenoxy) is 1. The van der Waals surface area contributed by atoms with Gasteiger partial charge in [-0.15, -0.1) is 0 Å². The third-order valence-corrected chi connectivity index (χ3v) is 4.30.